The van der Waals surface area contributed by atoms with Crippen molar-refractivity contribution in [1.29, 1.82) is 0 Å². The normalized spacial score (nSPS) is 16.7. The topological polar surface area (TPSA) is 83.9 Å². The number of carboxylic acid groups (broad SMARTS) is 1. The number of aliphatic carboxylic acids is 1. The standard InChI is InChI=1S/C30H30FNO5S/c1-2-3-4-5-20-6-8-21(9-7-20)26(33)19-38-29-28(22-10-16-25(17-11-22)37-18-27(34)35)32(30(29)36)24-14-12-23(31)13-15-24/h6-17,28-29H,2-5,18-19H2,1H3,(H,34,35). The van der Waals surface area contributed by atoms with Gasteiger partial charge in [0.2, 0.25) is 5.91 Å². The summed E-state index contributed by atoms with van der Waals surface area (Å²) in [5, 5.41) is 8.33. The minimum Gasteiger partial charge on any atom is -0.482 e. The van der Waals surface area contributed by atoms with Gasteiger partial charge < -0.3 is 14.7 Å². The maximum Gasteiger partial charge on any atom is 0.341 e. The molecule has 1 aliphatic heterocycles. The summed E-state index contributed by atoms with van der Waals surface area (Å²) in [7, 11) is 0. The van der Waals surface area contributed by atoms with Crippen LogP contribution in [0.4, 0.5) is 10.1 Å². The molecule has 1 amide bonds. The van der Waals surface area contributed by atoms with Crippen molar-refractivity contribution < 1.29 is 28.6 Å². The van der Waals surface area contributed by atoms with Crippen LogP contribution in [0.25, 0.3) is 0 Å². The Bertz CT molecular complexity index is 1260. The Hall–Kier alpha value is -3.65. The van der Waals surface area contributed by atoms with Gasteiger partial charge in [0.05, 0.1) is 11.8 Å². The minimum atomic E-state index is -1.08. The summed E-state index contributed by atoms with van der Waals surface area (Å²) in [5.41, 5.74) is 3.20. The number of halogens is 1. The average Bonchev–Trinajstić information content (AvgIpc) is 2.92. The average molecular weight is 536 g/mol. The van der Waals surface area contributed by atoms with Crippen molar-refractivity contribution in [1.82, 2.24) is 0 Å². The molecular weight excluding hydrogens is 505 g/mol. The zero-order chi connectivity index (χ0) is 27.1. The van der Waals surface area contributed by atoms with E-state index in [0.717, 1.165) is 24.8 Å². The summed E-state index contributed by atoms with van der Waals surface area (Å²) < 4.78 is 18.7. The van der Waals surface area contributed by atoms with Gasteiger partial charge in [-0.25, -0.2) is 9.18 Å². The molecule has 0 spiro atoms. The van der Waals surface area contributed by atoms with Crippen molar-refractivity contribution in [3.63, 3.8) is 0 Å². The van der Waals surface area contributed by atoms with E-state index in [-0.39, 0.29) is 23.5 Å². The Morgan fingerprint density at radius 2 is 1.66 bits per heavy atom. The fraction of sp³-hybridized carbons (Fsp3) is 0.300. The molecular formula is C30H30FNO5S. The summed E-state index contributed by atoms with van der Waals surface area (Å²) in [6.45, 7) is 1.71. The van der Waals surface area contributed by atoms with E-state index in [9.17, 15) is 18.8 Å². The molecule has 198 valence electrons. The highest BCUT2D eigenvalue weighted by molar-refractivity contribution is 8.01. The molecule has 0 aliphatic carbocycles. The summed E-state index contributed by atoms with van der Waals surface area (Å²) in [4.78, 5) is 38.5. The molecule has 1 saturated heterocycles. The summed E-state index contributed by atoms with van der Waals surface area (Å²) in [6, 6.07) is 19.9. The van der Waals surface area contributed by atoms with Gasteiger partial charge in [-0.15, -0.1) is 11.8 Å². The van der Waals surface area contributed by atoms with E-state index < -0.39 is 23.6 Å². The lowest BCUT2D eigenvalue weighted by atomic mass is 9.92. The maximum absolute atomic E-state index is 13.5. The van der Waals surface area contributed by atoms with E-state index in [0.29, 0.717) is 17.0 Å². The van der Waals surface area contributed by atoms with Crippen molar-refractivity contribution in [3.05, 3.63) is 95.3 Å². The number of benzene rings is 3. The third-order valence-electron chi connectivity index (χ3n) is 6.47. The van der Waals surface area contributed by atoms with Crippen LogP contribution in [0.1, 0.15) is 53.7 Å². The monoisotopic (exact) mass is 535 g/mol. The second-order valence-electron chi connectivity index (χ2n) is 9.19. The van der Waals surface area contributed by atoms with Gasteiger partial charge >= 0.3 is 5.97 Å². The molecule has 0 saturated carbocycles. The highest BCUT2D eigenvalue weighted by atomic mass is 32.2. The second-order valence-corrected chi connectivity index (χ2v) is 10.3. The molecule has 6 nitrogen and oxygen atoms in total. The van der Waals surface area contributed by atoms with E-state index in [4.69, 9.17) is 9.84 Å². The molecule has 0 bridgehead atoms. The highest BCUT2D eigenvalue weighted by Crippen LogP contribution is 2.45. The van der Waals surface area contributed by atoms with E-state index in [1.165, 1.54) is 35.9 Å². The smallest absolute Gasteiger partial charge is 0.341 e. The Labute approximate surface area is 225 Å². The highest BCUT2D eigenvalue weighted by Gasteiger charge is 2.49. The van der Waals surface area contributed by atoms with Gasteiger partial charge in [-0.3, -0.25) is 9.59 Å². The molecule has 2 atom stereocenters. The number of ketones is 1. The quantitative estimate of drug-likeness (QED) is 0.162. The number of hydrogen-bond donors (Lipinski definition) is 1. The number of amides is 1. The largest absolute Gasteiger partial charge is 0.482 e. The molecule has 1 N–H and O–H groups in total. The molecule has 1 fully saturated rings. The van der Waals surface area contributed by atoms with Gasteiger partial charge in [0, 0.05) is 11.3 Å². The van der Waals surface area contributed by atoms with Crippen molar-refractivity contribution in [2.24, 2.45) is 0 Å². The molecule has 38 heavy (non-hydrogen) atoms. The first-order valence-electron chi connectivity index (χ1n) is 12.6. The van der Waals surface area contributed by atoms with E-state index in [1.54, 1.807) is 41.3 Å². The van der Waals surface area contributed by atoms with Crippen LogP contribution in [0, 0.1) is 5.82 Å². The Balaban J connectivity index is 1.46. The number of aryl methyl sites for hydroxylation is 1. The Kier molecular flexibility index (Phi) is 9.18. The zero-order valence-corrected chi connectivity index (χ0v) is 22.0. The number of ether oxygens (including phenoxy) is 1. The minimum absolute atomic E-state index is 0.0423. The van der Waals surface area contributed by atoms with Crippen LogP contribution in [-0.2, 0) is 16.0 Å². The van der Waals surface area contributed by atoms with Crippen molar-refractivity contribution in [3.8, 4) is 5.75 Å². The first-order chi connectivity index (χ1) is 18.4. The number of Topliss-reactive ketones (excluding diaryl/α,β-unsaturated/α-hetero) is 1. The number of carbonyl (C=O) groups excluding carboxylic acids is 2. The number of thioether (sulfide) groups is 1. The van der Waals surface area contributed by atoms with Gasteiger partial charge in [-0.05, 0) is 60.4 Å². The molecule has 1 heterocycles. The molecule has 2 unspecified atom stereocenters. The van der Waals surface area contributed by atoms with Crippen LogP contribution in [0.2, 0.25) is 0 Å². The Morgan fingerprint density at radius 1 is 0.974 bits per heavy atom. The van der Waals surface area contributed by atoms with E-state index in [2.05, 4.69) is 6.92 Å². The zero-order valence-electron chi connectivity index (χ0n) is 21.1. The maximum atomic E-state index is 13.5. The number of carboxylic acids is 1. The van der Waals surface area contributed by atoms with Gasteiger partial charge in [-0.2, -0.15) is 0 Å². The van der Waals surface area contributed by atoms with Crippen LogP contribution in [0.5, 0.6) is 5.75 Å². The van der Waals surface area contributed by atoms with Crippen molar-refractivity contribution >= 4 is 35.1 Å². The fourth-order valence-corrected chi connectivity index (χ4v) is 5.64. The number of β-lactam (4-membered cyclic amide) rings is 1. The van der Waals surface area contributed by atoms with Gasteiger partial charge in [0.1, 0.15) is 16.8 Å². The number of carbonyl (C=O) groups is 3. The van der Waals surface area contributed by atoms with Gasteiger partial charge in [-0.1, -0.05) is 56.2 Å². The SMILES string of the molecule is CCCCCc1ccc(C(=O)CSC2C(=O)N(c3ccc(F)cc3)C2c2ccc(OCC(=O)O)cc2)cc1. The Morgan fingerprint density at radius 3 is 2.29 bits per heavy atom. The molecule has 0 radical (unpaired) electrons. The number of hydrogen-bond acceptors (Lipinski definition) is 5. The molecule has 0 aromatic heterocycles. The number of anilines is 1. The van der Waals surface area contributed by atoms with E-state index >= 15 is 0 Å². The predicted molar refractivity (Wildman–Crippen MR) is 146 cm³/mol. The van der Waals surface area contributed by atoms with Crippen LogP contribution >= 0.6 is 11.8 Å². The molecule has 3 aromatic carbocycles. The number of unbranched alkanes of at least 4 members (excludes halogenated alkanes) is 2. The second kappa shape index (κ2) is 12.7. The van der Waals surface area contributed by atoms with Crippen LogP contribution in [-0.4, -0.2) is 40.4 Å². The fourth-order valence-electron chi connectivity index (χ4n) is 4.43. The molecule has 8 heteroatoms. The summed E-state index contributed by atoms with van der Waals surface area (Å²) in [6.07, 6.45) is 4.47. The molecule has 4 rings (SSSR count). The molecule has 3 aromatic rings. The third-order valence-corrected chi connectivity index (χ3v) is 7.72. The van der Waals surface area contributed by atoms with E-state index in [1.807, 2.05) is 24.3 Å². The van der Waals surface area contributed by atoms with Crippen LogP contribution in [0.15, 0.2) is 72.8 Å². The number of rotatable bonds is 13. The number of nitrogens with zero attached hydrogens (tertiary/aromatic N) is 1. The molecule has 1 aliphatic rings. The van der Waals surface area contributed by atoms with Crippen molar-refractivity contribution in [2.45, 2.75) is 43.9 Å². The van der Waals surface area contributed by atoms with Crippen LogP contribution < -0.4 is 9.64 Å². The lowest BCUT2D eigenvalue weighted by Gasteiger charge is -2.47. The summed E-state index contributed by atoms with van der Waals surface area (Å²) in [5.74, 6) is -1.12. The third kappa shape index (κ3) is 6.61. The van der Waals surface area contributed by atoms with Crippen LogP contribution in [0.3, 0.4) is 0 Å². The van der Waals surface area contributed by atoms with Gasteiger partial charge in [0.15, 0.2) is 12.4 Å². The first-order valence-corrected chi connectivity index (χ1v) is 13.7. The lowest BCUT2D eigenvalue weighted by Crippen LogP contribution is -2.57. The first kappa shape index (κ1) is 27.4. The predicted octanol–water partition coefficient (Wildman–Crippen LogP) is 6.09. The summed E-state index contributed by atoms with van der Waals surface area (Å²) >= 11 is 1.29. The lowest BCUT2D eigenvalue weighted by molar-refractivity contribution is -0.139. The van der Waals surface area contributed by atoms with Gasteiger partial charge in [0.25, 0.3) is 0 Å². The van der Waals surface area contributed by atoms with Crippen molar-refractivity contribution in [2.75, 3.05) is 17.3 Å².